The van der Waals surface area contributed by atoms with Gasteiger partial charge in [-0.15, -0.1) is 0 Å². The van der Waals surface area contributed by atoms with Crippen LogP contribution in [0.1, 0.15) is 24.5 Å². The van der Waals surface area contributed by atoms with E-state index in [2.05, 4.69) is 19.1 Å². The average molecular weight is 294 g/mol. The lowest BCUT2D eigenvalue weighted by Crippen LogP contribution is -2.38. The summed E-state index contributed by atoms with van der Waals surface area (Å²) in [5, 5.41) is 1.11. The second-order valence-electron chi connectivity index (χ2n) is 4.80. The summed E-state index contributed by atoms with van der Waals surface area (Å²) in [7, 11) is 0. The van der Waals surface area contributed by atoms with Crippen molar-refractivity contribution in [2.75, 3.05) is 0 Å². The minimum absolute atomic E-state index is 0.421. The summed E-state index contributed by atoms with van der Waals surface area (Å²) in [6.45, 7) is 2.09. The van der Waals surface area contributed by atoms with Gasteiger partial charge in [-0.25, -0.2) is 0 Å². The maximum atomic E-state index is 6.57. The molecular formula is C16H17Cl2N. The molecule has 2 aromatic carbocycles. The zero-order chi connectivity index (χ0) is 13.9. The Morgan fingerprint density at radius 1 is 1.00 bits per heavy atom. The minimum Gasteiger partial charge on any atom is -0.321 e. The second-order valence-corrected chi connectivity index (χ2v) is 5.62. The lowest BCUT2D eigenvalue weighted by atomic mass is 9.82. The van der Waals surface area contributed by atoms with E-state index in [9.17, 15) is 0 Å². The summed E-state index contributed by atoms with van der Waals surface area (Å²) in [5.74, 6) is 0. The van der Waals surface area contributed by atoms with Crippen LogP contribution in [0, 0.1) is 0 Å². The van der Waals surface area contributed by atoms with Crippen molar-refractivity contribution in [3.63, 3.8) is 0 Å². The van der Waals surface area contributed by atoms with E-state index in [-0.39, 0.29) is 0 Å². The highest BCUT2D eigenvalue weighted by molar-refractivity contribution is 6.42. The fourth-order valence-corrected chi connectivity index (χ4v) is 2.50. The predicted octanol–water partition coefficient (Wildman–Crippen LogP) is 4.80. The van der Waals surface area contributed by atoms with Crippen LogP contribution in [-0.4, -0.2) is 0 Å². The first-order chi connectivity index (χ1) is 9.05. The number of hydrogen-bond donors (Lipinski definition) is 1. The largest absolute Gasteiger partial charge is 0.321 e. The van der Waals surface area contributed by atoms with Crippen LogP contribution in [0.4, 0.5) is 0 Å². The van der Waals surface area contributed by atoms with Crippen molar-refractivity contribution in [1.82, 2.24) is 0 Å². The SMILES string of the molecule is CCC(N)(Cc1ccccc1)c1ccc(Cl)c(Cl)c1. The van der Waals surface area contributed by atoms with Gasteiger partial charge in [0.15, 0.2) is 0 Å². The number of benzene rings is 2. The first-order valence-corrected chi connectivity index (χ1v) is 7.09. The van der Waals surface area contributed by atoms with Crippen LogP contribution in [0.15, 0.2) is 48.5 Å². The standard InChI is InChI=1S/C16H17Cl2N/c1-2-16(19,11-12-6-4-3-5-7-12)13-8-9-14(17)15(18)10-13/h3-10H,2,11,19H2,1H3. The van der Waals surface area contributed by atoms with E-state index < -0.39 is 5.54 Å². The Balaban J connectivity index is 2.33. The summed E-state index contributed by atoms with van der Waals surface area (Å²) in [4.78, 5) is 0. The van der Waals surface area contributed by atoms with Gasteiger partial charge in [0.2, 0.25) is 0 Å². The quantitative estimate of drug-likeness (QED) is 0.861. The van der Waals surface area contributed by atoms with Gasteiger partial charge < -0.3 is 5.73 Å². The number of halogens is 2. The Labute approximate surface area is 124 Å². The average Bonchev–Trinajstić information content (AvgIpc) is 2.43. The van der Waals surface area contributed by atoms with Gasteiger partial charge in [0.05, 0.1) is 10.0 Å². The molecule has 0 saturated heterocycles. The maximum Gasteiger partial charge on any atom is 0.0595 e. The lowest BCUT2D eigenvalue weighted by Gasteiger charge is -2.29. The smallest absolute Gasteiger partial charge is 0.0595 e. The highest BCUT2D eigenvalue weighted by Gasteiger charge is 2.26. The fraction of sp³-hybridized carbons (Fsp3) is 0.250. The molecule has 0 spiro atoms. The monoisotopic (exact) mass is 293 g/mol. The third-order valence-electron chi connectivity index (χ3n) is 3.49. The molecule has 2 rings (SSSR count). The van der Waals surface area contributed by atoms with Gasteiger partial charge in [0.1, 0.15) is 0 Å². The molecule has 19 heavy (non-hydrogen) atoms. The van der Waals surface area contributed by atoms with E-state index in [0.717, 1.165) is 18.4 Å². The van der Waals surface area contributed by atoms with Crippen LogP contribution in [-0.2, 0) is 12.0 Å². The van der Waals surface area contributed by atoms with Gasteiger partial charge in [0, 0.05) is 5.54 Å². The van der Waals surface area contributed by atoms with Crippen LogP contribution >= 0.6 is 23.2 Å². The van der Waals surface area contributed by atoms with Gasteiger partial charge in [0.25, 0.3) is 0 Å². The molecule has 0 aliphatic heterocycles. The van der Waals surface area contributed by atoms with Gasteiger partial charge in [-0.3, -0.25) is 0 Å². The molecule has 0 aliphatic rings. The van der Waals surface area contributed by atoms with Gasteiger partial charge in [-0.1, -0.05) is 66.5 Å². The third kappa shape index (κ3) is 3.30. The fourth-order valence-electron chi connectivity index (χ4n) is 2.20. The Morgan fingerprint density at radius 3 is 2.26 bits per heavy atom. The first kappa shape index (κ1) is 14.4. The van der Waals surface area contributed by atoms with E-state index in [1.54, 1.807) is 0 Å². The van der Waals surface area contributed by atoms with E-state index in [0.29, 0.717) is 10.0 Å². The molecule has 2 N–H and O–H groups in total. The molecule has 0 radical (unpaired) electrons. The van der Waals surface area contributed by atoms with E-state index in [4.69, 9.17) is 28.9 Å². The van der Waals surface area contributed by atoms with E-state index >= 15 is 0 Å². The molecule has 0 fully saturated rings. The Kier molecular flexibility index (Phi) is 4.51. The van der Waals surface area contributed by atoms with Crippen molar-refractivity contribution in [2.45, 2.75) is 25.3 Å². The molecule has 0 heterocycles. The Hall–Kier alpha value is -1.02. The molecule has 0 aliphatic carbocycles. The molecule has 3 heteroatoms. The van der Waals surface area contributed by atoms with E-state index in [1.807, 2.05) is 36.4 Å². The molecule has 2 aromatic rings. The zero-order valence-corrected chi connectivity index (χ0v) is 12.4. The highest BCUT2D eigenvalue weighted by Crippen LogP contribution is 2.31. The molecular weight excluding hydrogens is 277 g/mol. The summed E-state index contributed by atoms with van der Waals surface area (Å²) in [6, 6.07) is 15.9. The van der Waals surface area contributed by atoms with Crippen LogP contribution in [0.2, 0.25) is 10.0 Å². The van der Waals surface area contributed by atoms with Crippen molar-refractivity contribution in [1.29, 1.82) is 0 Å². The molecule has 0 saturated carbocycles. The van der Waals surface area contributed by atoms with Gasteiger partial charge in [-0.2, -0.15) is 0 Å². The summed E-state index contributed by atoms with van der Waals surface area (Å²) in [5.41, 5.74) is 8.39. The van der Waals surface area contributed by atoms with Crippen LogP contribution in [0.25, 0.3) is 0 Å². The normalized spacial score (nSPS) is 14.1. The summed E-state index contributed by atoms with van der Waals surface area (Å²) >= 11 is 12.1. The molecule has 100 valence electrons. The third-order valence-corrected chi connectivity index (χ3v) is 4.23. The second kappa shape index (κ2) is 5.96. The van der Waals surface area contributed by atoms with Crippen molar-refractivity contribution in [3.05, 3.63) is 69.7 Å². The topological polar surface area (TPSA) is 26.0 Å². The van der Waals surface area contributed by atoms with Crippen LogP contribution in [0.5, 0.6) is 0 Å². The minimum atomic E-state index is -0.421. The van der Waals surface area contributed by atoms with Crippen molar-refractivity contribution >= 4 is 23.2 Å². The zero-order valence-electron chi connectivity index (χ0n) is 10.9. The first-order valence-electron chi connectivity index (χ1n) is 6.33. The van der Waals surface area contributed by atoms with Crippen molar-refractivity contribution in [3.8, 4) is 0 Å². The molecule has 0 amide bonds. The summed E-state index contributed by atoms with van der Waals surface area (Å²) < 4.78 is 0. The number of nitrogens with two attached hydrogens (primary N) is 1. The Bertz CT molecular complexity index is 554. The predicted molar refractivity (Wildman–Crippen MR) is 82.8 cm³/mol. The van der Waals surface area contributed by atoms with Gasteiger partial charge in [-0.05, 0) is 36.1 Å². The Morgan fingerprint density at radius 2 is 1.68 bits per heavy atom. The van der Waals surface area contributed by atoms with Crippen molar-refractivity contribution in [2.24, 2.45) is 5.73 Å². The molecule has 0 bridgehead atoms. The molecule has 1 atom stereocenters. The molecule has 1 nitrogen and oxygen atoms in total. The van der Waals surface area contributed by atoms with Crippen molar-refractivity contribution < 1.29 is 0 Å². The lowest BCUT2D eigenvalue weighted by molar-refractivity contribution is 0.425. The molecule has 0 aromatic heterocycles. The summed E-state index contributed by atoms with van der Waals surface area (Å²) in [6.07, 6.45) is 1.61. The van der Waals surface area contributed by atoms with Crippen LogP contribution in [0.3, 0.4) is 0 Å². The van der Waals surface area contributed by atoms with E-state index in [1.165, 1.54) is 5.56 Å². The molecule has 1 unspecified atom stereocenters. The number of hydrogen-bond acceptors (Lipinski definition) is 1. The number of rotatable bonds is 4. The highest BCUT2D eigenvalue weighted by atomic mass is 35.5. The van der Waals surface area contributed by atoms with Crippen LogP contribution < -0.4 is 5.73 Å². The maximum absolute atomic E-state index is 6.57. The van der Waals surface area contributed by atoms with Gasteiger partial charge >= 0.3 is 0 Å².